The molecular formula is C25H42O3Si. The van der Waals surface area contributed by atoms with Gasteiger partial charge in [-0.25, -0.2) is 4.79 Å². The second-order valence-electron chi connectivity index (χ2n) is 8.91. The number of carbonyl (C=O) groups excluding carboxylic acids is 1. The number of benzene rings is 1. The van der Waals surface area contributed by atoms with Crippen molar-refractivity contribution in [3.63, 3.8) is 0 Å². The average Bonchev–Trinajstić information content (AvgIpc) is 2.63. The number of aryl methyl sites for hydroxylation is 1. The maximum absolute atomic E-state index is 12.0. The van der Waals surface area contributed by atoms with Crippen LogP contribution in [-0.2, 0) is 14.0 Å². The molecule has 0 amide bonds. The summed E-state index contributed by atoms with van der Waals surface area (Å²) in [5, 5.41) is 0. The normalized spacial score (nSPS) is 12.9. The minimum absolute atomic E-state index is 0.259. The van der Waals surface area contributed by atoms with Crippen molar-refractivity contribution in [3.05, 3.63) is 41.5 Å². The predicted molar refractivity (Wildman–Crippen MR) is 127 cm³/mol. The molecule has 0 N–H and O–H groups in total. The molecule has 0 aliphatic heterocycles. The largest absolute Gasteiger partial charge is 0.463 e. The molecule has 0 atom stereocenters. The molecule has 29 heavy (non-hydrogen) atoms. The van der Waals surface area contributed by atoms with Gasteiger partial charge in [0.2, 0.25) is 0 Å². The van der Waals surface area contributed by atoms with E-state index in [0.29, 0.717) is 23.2 Å². The molecule has 0 aromatic heterocycles. The maximum atomic E-state index is 12.0. The molecule has 0 bridgehead atoms. The first kappa shape index (κ1) is 25.6. The Bertz CT molecular complexity index is 623. The van der Waals surface area contributed by atoms with Crippen LogP contribution in [0.15, 0.2) is 30.3 Å². The molecule has 1 aromatic carbocycles. The average molecular weight is 419 g/mol. The van der Waals surface area contributed by atoms with Crippen LogP contribution in [0.25, 0.3) is 5.57 Å². The van der Waals surface area contributed by atoms with Gasteiger partial charge < -0.3 is 9.16 Å². The van der Waals surface area contributed by atoms with E-state index in [4.69, 9.17) is 9.16 Å². The molecule has 0 aliphatic carbocycles. The highest BCUT2D eigenvalue weighted by Crippen LogP contribution is 2.42. The summed E-state index contributed by atoms with van der Waals surface area (Å²) in [6, 6.07) is 8.35. The van der Waals surface area contributed by atoms with E-state index in [9.17, 15) is 4.79 Å². The molecule has 0 radical (unpaired) electrons. The number of carbonyl (C=O) groups is 1. The second kappa shape index (κ2) is 12.3. The molecule has 0 heterocycles. The molecule has 3 nitrogen and oxygen atoms in total. The summed E-state index contributed by atoms with van der Waals surface area (Å²) in [4.78, 5) is 12.0. The molecule has 1 aromatic rings. The van der Waals surface area contributed by atoms with Crippen molar-refractivity contribution < 1.29 is 14.0 Å². The Kier molecular flexibility index (Phi) is 10.9. The zero-order chi connectivity index (χ0) is 22.0. The molecule has 4 heteroatoms. The van der Waals surface area contributed by atoms with Gasteiger partial charge in [0.25, 0.3) is 0 Å². The molecule has 1 rings (SSSR count). The van der Waals surface area contributed by atoms with Crippen molar-refractivity contribution >= 4 is 19.9 Å². The van der Waals surface area contributed by atoms with Crippen LogP contribution in [-0.4, -0.2) is 27.5 Å². The second-order valence-corrected chi connectivity index (χ2v) is 14.4. The van der Waals surface area contributed by atoms with Crippen LogP contribution < -0.4 is 0 Å². The number of hydrogen-bond acceptors (Lipinski definition) is 3. The predicted octanol–water partition coefficient (Wildman–Crippen LogP) is 7.30. The van der Waals surface area contributed by atoms with Gasteiger partial charge in [-0.2, -0.15) is 0 Å². The first-order valence-electron chi connectivity index (χ1n) is 11.2. The SMILES string of the molecule is CCOC(=O)/C=C(\CCCCO[Si](C(C)C)(C(C)C)C(C)C)c1ccc(C)cc1. The van der Waals surface area contributed by atoms with Crippen LogP contribution in [0.5, 0.6) is 0 Å². The summed E-state index contributed by atoms with van der Waals surface area (Å²) in [6.07, 6.45) is 4.51. The Hall–Kier alpha value is -1.39. The fourth-order valence-electron chi connectivity index (χ4n) is 4.56. The lowest BCUT2D eigenvalue weighted by atomic mass is 9.99. The van der Waals surface area contributed by atoms with Crippen molar-refractivity contribution in [1.82, 2.24) is 0 Å². The Morgan fingerprint density at radius 1 is 0.966 bits per heavy atom. The molecule has 0 spiro atoms. The van der Waals surface area contributed by atoms with Crippen molar-refractivity contribution in [2.24, 2.45) is 0 Å². The van der Waals surface area contributed by atoms with E-state index in [2.05, 4.69) is 72.7 Å². The number of hydrogen-bond donors (Lipinski definition) is 0. The number of allylic oxidation sites excluding steroid dienone is 1. The highest BCUT2D eigenvalue weighted by atomic mass is 28.4. The molecule has 0 saturated carbocycles. The summed E-state index contributed by atoms with van der Waals surface area (Å²) < 4.78 is 11.8. The molecule has 0 fully saturated rings. The van der Waals surface area contributed by atoms with Crippen molar-refractivity contribution in [1.29, 1.82) is 0 Å². The van der Waals surface area contributed by atoms with E-state index >= 15 is 0 Å². The van der Waals surface area contributed by atoms with E-state index in [1.54, 1.807) is 6.08 Å². The van der Waals surface area contributed by atoms with Crippen molar-refractivity contribution in [2.75, 3.05) is 13.2 Å². The van der Waals surface area contributed by atoms with E-state index in [1.165, 1.54) is 5.56 Å². The third-order valence-electron chi connectivity index (χ3n) is 5.90. The Labute approximate surface area is 180 Å². The summed E-state index contributed by atoms with van der Waals surface area (Å²) in [5.74, 6) is -0.259. The molecule has 0 unspecified atom stereocenters. The zero-order valence-corrected chi connectivity index (χ0v) is 20.9. The monoisotopic (exact) mass is 418 g/mol. The first-order chi connectivity index (χ1) is 13.6. The highest BCUT2D eigenvalue weighted by molar-refractivity contribution is 6.77. The fourth-order valence-corrected chi connectivity index (χ4v) is 10.1. The smallest absolute Gasteiger partial charge is 0.331 e. The summed E-state index contributed by atoms with van der Waals surface area (Å²) in [7, 11) is -1.80. The standard InChI is InChI=1S/C25H42O3Si/c1-9-27-25(26)18-24(23-15-13-22(8)14-16-23)12-10-11-17-28-29(19(2)3,20(4)5)21(6)7/h13-16,18-21H,9-12,17H2,1-8H3/b24-18+. The topological polar surface area (TPSA) is 35.5 Å². The van der Waals surface area contributed by atoms with E-state index in [-0.39, 0.29) is 5.97 Å². The van der Waals surface area contributed by atoms with E-state index in [1.807, 2.05) is 6.92 Å². The van der Waals surface area contributed by atoms with Crippen LogP contribution in [0.4, 0.5) is 0 Å². The van der Waals surface area contributed by atoms with Crippen molar-refractivity contribution in [3.8, 4) is 0 Å². The number of esters is 1. The highest BCUT2D eigenvalue weighted by Gasteiger charge is 2.44. The zero-order valence-electron chi connectivity index (χ0n) is 19.9. The van der Waals surface area contributed by atoms with Crippen LogP contribution in [0.1, 0.15) is 78.9 Å². The maximum Gasteiger partial charge on any atom is 0.331 e. The lowest BCUT2D eigenvalue weighted by Crippen LogP contribution is -2.47. The third-order valence-corrected chi connectivity index (χ3v) is 12.0. The summed E-state index contributed by atoms with van der Waals surface area (Å²) in [5.41, 5.74) is 5.18. The summed E-state index contributed by atoms with van der Waals surface area (Å²) in [6.45, 7) is 19.1. The van der Waals surface area contributed by atoms with Crippen LogP contribution >= 0.6 is 0 Å². The van der Waals surface area contributed by atoms with Crippen LogP contribution in [0.3, 0.4) is 0 Å². The first-order valence-corrected chi connectivity index (χ1v) is 13.4. The van der Waals surface area contributed by atoms with E-state index in [0.717, 1.165) is 37.0 Å². The number of unbranched alkanes of at least 4 members (excludes halogenated alkanes) is 1. The lowest BCUT2D eigenvalue weighted by Gasteiger charge is -2.42. The van der Waals surface area contributed by atoms with Crippen LogP contribution in [0.2, 0.25) is 16.6 Å². The van der Waals surface area contributed by atoms with E-state index < -0.39 is 8.32 Å². The number of rotatable bonds is 12. The Morgan fingerprint density at radius 2 is 1.52 bits per heavy atom. The summed E-state index contributed by atoms with van der Waals surface area (Å²) >= 11 is 0. The van der Waals surface area contributed by atoms with Crippen molar-refractivity contribution in [2.45, 2.75) is 91.3 Å². The third kappa shape index (κ3) is 7.42. The van der Waals surface area contributed by atoms with Gasteiger partial charge >= 0.3 is 5.97 Å². The van der Waals surface area contributed by atoms with Gasteiger partial charge in [0.1, 0.15) is 0 Å². The molecule has 164 valence electrons. The fraction of sp³-hybridized carbons (Fsp3) is 0.640. The molecule has 0 aliphatic rings. The van der Waals surface area contributed by atoms with Gasteiger partial charge in [0.05, 0.1) is 6.61 Å². The van der Waals surface area contributed by atoms with Gasteiger partial charge in [-0.15, -0.1) is 0 Å². The minimum Gasteiger partial charge on any atom is -0.463 e. The quantitative estimate of drug-likeness (QED) is 0.154. The van der Waals surface area contributed by atoms with Crippen LogP contribution in [0, 0.1) is 6.92 Å². The van der Waals surface area contributed by atoms with Gasteiger partial charge in [-0.05, 0) is 60.9 Å². The van der Waals surface area contributed by atoms with Gasteiger partial charge in [-0.3, -0.25) is 0 Å². The molecular weight excluding hydrogens is 376 g/mol. The van der Waals surface area contributed by atoms with Gasteiger partial charge in [0, 0.05) is 12.7 Å². The molecule has 0 saturated heterocycles. The lowest BCUT2D eigenvalue weighted by molar-refractivity contribution is -0.137. The van der Waals surface area contributed by atoms with Gasteiger partial charge in [0.15, 0.2) is 8.32 Å². The minimum atomic E-state index is -1.80. The Morgan fingerprint density at radius 3 is 2.00 bits per heavy atom. The van der Waals surface area contributed by atoms with Gasteiger partial charge in [-0.1, -0.05) is 71.4 Å². The Balaban J connectivity index is 2.75. The number of ether oxygens (including phenoxy) is 1.